The van der Waals surface area contributed by atoms with Crippen molar-refractivity contribution in [2.45, 2.75) is 62.4 Å². The number of benzene rings is 3. The number of nitrogens with zero attached hydrogens (tertiary/aromatic N) is 2. The summed E-state index contributed by atoms with van der Waals surface area (Å²) in [5.41, 5.74) is 2.40. The molecule has 0 spiro atoms. The monoisotopic (exact) mass is 628 g/mol. The molecule has 3 saturated heterocycles. The predicted molar refractivity (Wildman–Crippen MR) is 179 cm³/mol. The molecule has 3 amide bonds. The van der Waals surface area contributed by atoms with E-state index < -0.39 is 17.5 Å². The van der Waals surface area contributed by atoms with Crippen molar-refractivity contribution in [3.8, 4) is 0 Å². The van der Waals surface area contributed by atoms with E-state index in [9.17, 15) is 14.4 Å². The third kappa shape index (κ3) is 6.95. The highest BCUT2D eigenvalue weighted by atomic mass is 35.5. The molecule has 1 unspecified atom stereocenters. The first-order valence-corrected chi connectivity index (χ1v) is 16.3. The maximum Gasteiger partial charge on any atom is 0.246 e. The quantitative estimate of drug-likeness (QED) is 0.329. The molecule has 0 radical (unpaired) electrons. The fraction of sp³-hybridized carbons (Fsp3) is 0.432. The van der Waals surface area contributed by atoms with E-state index in [1.54, 1.807) is 9.80 Å². The number of likely N-dealkylation sites (tertiary alicyclic amines) is 2. The Labute approximate surface area is 273 Å². The number of hydrogen-bond acceptors (Lipinski definition) is 4. The molecule has 3 aromatic carbocycles. The van der Waals surface area contributed by atoms with Crippen molar-refractivity contribution in [3.05, 3.63) is 108 Å². The molecule has 3 heterocycles. The van der Waals surface area contributed by atoms with Gasteiger partial charge in [0.2, 0.25) is 17.7 Å². The summed E-state index contributed by atoms with van der Waals surface area (Å²) in [7, 11) is 0. The van der Waals surface area contributed by atoms with Crippen LogP contribution in [0.4, 0.5) is 0 Å². The summed E-state index contributed by atoms with van der Waals surface area (Å²) in [4.78, 5) is 45.4. The Balaban J connectivity index is 0.00000400. The van der Waals surface area contributed by atoms with Gasteiger partial charge in [-0.15, -0.1) is 12.4 Å². The molecule has 8 heteroatoms. The Bertz CT molecular complexity index is 1320. The van der Waals surface area contributed by atoms with Crippen LogP contribution in [-0.4, -0.2) is 72.3 Å². The van der Waals surface area contributed by atoms with Gasteiger partial charge in [-0.25, -0.2) is 0 Å². The second-order valence-electron chi connectivity index (χ2n) is 12.6. The first-order chi connectivity index (χ1) is 21.6. The summed E-state index contributed by atoms with van der Waals surface area (Å²) >= 11 is 0. The number of rotatable bonds is 9. The van der Waals surface area contributed by atoms with Gasteiger partial charge in [-0.05, 0) is 74.2 Å². The third-order valence-corrected chi connectivity index (χ3v) is 9.88. The van der Waals surface area contributed by atoms with Crippen molar-refractivity contribution >= 4 is 30.1 Å². The number of carbonyl (C=O) groups is 3. The van der Waals surface area contributed by atoms with Crippen molar-refractivity contribution in [1.29, 1.82) is 0 Å². The fourth-order valence-corrected chi connectivity index (χ4v) is 7.58. The average Bonchev–Trinajstić information content (AvgIpc) is 3.79. The Morgan fingerprint density at radius 3 is 1.78 bits per heavy atom. The lowest BCUT2D eigenvalue weighted by atomic mass is 9.67. The largest absolute Gasteiger partial charge is 0.354 e. The maximum absolute atomic E-state index is 14.5. The van der Waals surface area contributed by atoms with E-state index in [0.717, 1.165) is 55.5 Å². The number of nitrogens with one attached hydrogen (secondary N) is 2. The molecular weight excluding hydrogens is 584 g/mol. The van der Waals surface area contributed by atoms with E-state index in [4.69, 9.17) is 0 Å². The predicted octanol–water partition coefficient (Wildman–Crippen LogP) is 4.93. The first-order valence-electron chi connectivity index (χ1n) is 16.3. The molecule has 3 aliphatic rings. The molecule has 0 aromatic heterocycles. The van der Waals surface area contributed by atoms with Crippen LogP contribution in [0.15, 0.2) is 91.0 Å². The van der Waals surface area contributed by atoms with Crippen molar-refractivity contribution in [2.24, 2.45) is 5.92 Å². The highest BCUT2D eigenvalue weighted by Crippen LogP contribution is 2.43. The number of amides is 3. The number of halogens is 1. The van der Waals surface area contributed by atoms with Crippen molar-refractivity contribution in [2.75, 3.05) is 32.7 Å². The molecule has 0 saturated carbocycles. The molecule has 0 bridgehead atoms. The van der Waals surface area contributed by atoms with Gasteiger partial charge in [-0.2, -0.15) is 0 Å². The van der Waals surface area contributed by atoms with E-state index in [0.29, 0.717) is 38.4 Å². The van der Waals surface area contributed by atoms with Crippen LogP contribution in [0, 0.1) is 5.92 Å². The van der Waals surface area contributed by atoms with Crippen LogP contribution in [0.5, 0.6) is 0 Å². The summed E-state index contributed by atoms with van der Waals surface area (Å²) in [6.45, 7) is 3.70. The van der Waals surface area contributed by atoms with Crippen LogP contribution in [0.1, 0.15) is 61.6 Å². The fourth-order valence-electron chi connectivity index (χ4n) is 7.58. The minimum Gasteiger partial charge on any atom is -0.354 e. The number of hydrogen-bond donors (Lipinski definition) is 2. The third-order valence-electron chi connectivity index (χ3n) is 9.88. The lowest BCUT2D eigenvalue weighted by Gasteiger charge is -2.38. The van der Waals surface area contributed by atoms with Gasteiger partial charge in [0.05, 0.1) is 5.41 Å². The zero-order chi connectivity index (χ0) is 30.4. The number of carbonyl (C=O) groups excluding carboxylic acids is 3. The normalized spacial score (nSPS) is 21.6. The topological polar surface area (TPSA) is 81.8 Å². The molecule has 238 valence electrons. The SMILES string of the molecule is Cl.O=C(NCC1CCCNC1)[C@H]1CCCN1C(=O)[C@@H]1CCCN1C(=O)CC(c1ccccc1)(c1ccccc1)c1ccccc1. The molecule has 7 nitrogen and oxygen atoms in total. The minimum absolute atomic E-state index is 0. The summed E-state index contributed by atoms with van der Waals surface area (Å²) < 4.78 is 0. The van der Waals surface area contributed by atoms with E-state index in [1.807, 2.05) is 54.6 Å². The van der Waals surface area contributed by atoms with E-state index >= 15 is 0 Å². The van der Waals surface area contributed by atoms with Crippen LogP contribution in [-0.2, 0) is 19.8 Å². The van der Waals surface area contributed by atoms with Crippen LogP contribution in [0.2, 0.25) is 0 Å². The smallest absolute Gasteiger partial charge is 0.246 e. The van der Waals surface area contributed by atoms with Crippen LogP contribution >= 0.6 is 12.4 Å². The van der Waals surface area contributed by atoms with Crippen LogP contribution in [0.25, 0.3) is 0 Å². The van der Waals surface area contributed by atoms with Gasteiger partial charge < -0.3 is 20.4 Å². The lowest BCUT2D eigenvalue weighted by molar-refractivity contribution is -0.146. The molecular formula is C37H45ClN4O3. The van der Waals surface area contributed by atoms with E-state index in [1.165, 1.54) is 0 Å². The molecule has 3 aromatic rings. The van der Waals surface area contributed by atoms with Gasteiger partial charge in [0.25, 0.3) is 0 Å². The van der Waals surface area contributed by atoms with Gasteiger partial charge in [0, 0.05) is 26.1 Å². The highest BCUT2D eigenvalue weighted by molar-refractivity contribution is 5.93. The summed E-state index contributed by atoms with van der Waals surface area (Å²) in [6, 6.07) is 29.7. The average molecular weight is 629 g/mol. The summed E-state index contributed by atoms with van der Waals surface area (Å²) in [5, 5.41) is 6.54. The molecule has 2 N–H and O–H groups in total. The molecule has 45 heavy (non-hydrogen) atoms. The summed E-state index contributed by atoms with van der Waals surface area (Å²) in [5.74, 6) is 0.244. The van der Waals surface area contributed by atoms with E-state index in [-0.39, 0.29) is 36.5 Å². The molecule has 6 rings (SSSR count). The second kappa shape index (κ2) is 15.1. The van der Waals surface area contributed by atoms with Gasteiger partial charge in [-0.1, -0.05) is 91.0 Å². The van der Waals surface area contributed by atoms with Crippen molar-refractivity contribution in [1.82, 2.24) is 20.4 Å². The number of piperidine rings is 1. The van der Waals surface area contributed by atoms with E-state index in [2.05, 4.69) is 47.0 Å². The zero-order valence-electron chi connectivity index (χ0n) is 25.9. The Kier molecular flexibility index (Phi) is 11.0. The minimum atomic E-state index is -0.721. The second-order valence-corrected chi connectivity index (χ2v) is 12.6. The molecule has 3 atom stereocenters. The standard InChI is InChI=1S/C37H44N4O3.ClH/c42-34(25-37(29-14-4-1-5-15-29,30-16-6-2-7-17-30)31-18-8-3-9-19-31)40-23-12-21-33(40)36(44)41-24-11-20-32(41)35(43)39-27-28-13-10-22-38-26-28;/h1-9,14-19,28,32-33,38H,10-13,20-27H2,(H,39,43);1H/t28?,32-,33+;/m1./s1. The van der Waals surface area contributed by atoms with Gasteiger partial charge in [-0.3, -0.25) is 14.4 Å². The van der Waals surface area contributed by atoms with Gasteiger partial charge in [0.1, 0.15) is 12.1 Å². The van der Waals surface area contributed by atoms with Crippen molar-refractivity contribution in [3.63, 3.8) is 0 Å². The zero-order valence-corrected chi connectivity index (χ0v) is 26.7. The Morgan fingerprint density at radius 1 is 0.711 bits per heavy atom. The van der Waals surface area contributed by atoms with Crippen molar-refractivity contribution < 1.29 is 14.4 Å². The van der Waals surface area contributed by atoms with Gasteiger partial charge in [0.15, 0.2) is 0 Å². The maximum atomic E-state index is 14.5. The lowest BCUT2D eigenvalue weighted by Crippen LogP contribution is -2.54. The Hall–Kier alpha value is -3.68. The van der Waals surface area contributed by atoms with Crippen LogP contribution < -0.4 is 10.6 Å². The van der Waals surface area contributed by atoms with Gasteiger partial charge >= 0.3 is 0 Å². The first kappa shape index (κ1) is 32.7. The molecule has 3 fully saturated rings. The molecule has 3 aliphatic heterocycles. The van der Waals surface area contributed by atoms with Crippen LogP contribution in [0.3, 0.4) is 0 Å². The molecule has 0 aliphatic carbocycles. The summed E-state index contributed by atoms with van der Waals surface area (Å²) in [6.07, 6.45) is 5.30. The highest BCUT2D eigenvalue weighted by Gasteiger charge is 2.45. The Morgan fingerprint density at radius 2 is 1.24 bits per heavy atom.